The lowest BCUT2D eigenvalue weighted by Crippen LogP contribution is -1.97. The molecule has 1 N–H and O–H groups in total. The van der Waals surface area contributed by atoms with Crippen molar-refractivity contribution in [2.24, 2.45) is 0 Å². The van der Waals surface area contributed by atoms with Gasteiger partial charge in [-0.3, -0.25) is 0 Å². The van der Waals surface area contributed by atoms with Gasteiger partial charge in [0, 0.05) is 11.8 Å². The van der Waals surface area contributed by atoms with Crippen LogP contribution in [0.3, 0.4) is 0 Å². The molecule has 3 nitrogen and oxygen atoms in total. The van der Waals surface area contributed by atoms with Crippen LogP contribution in [0.5, 0.6) is 5.75 Å². The smallest absolute Gasteiger partial charge is 0.228 e. The molecule has 0 spiro atoms. The van der Waals surface area contributed by atoms with Gasteiger partial charge in [-0.1, -0.05) is 35.9 Å². The van der Waals surface area contributed by atoms with E-state index in [0.717, 1.165) is 0 Å². The van der Waals surface area contributed by atoms with Gasteiger partial charge < -0.3 is 4.74 Å². The van der Waals surface area contributed by atoms with Crippen molar-refractivity contribution < 1.29 is 13.3 Å². The average Bonchev–Trinajstić information content (AvgIpc) is 2.38. The molecule has 2 aromatic rings. The van der Waals surface area contributed by atoms with E-state index in [4.69, 9.17) is 21.1 Å². The summed E-state index contributed by atoms with van der Waals surface area (Å²) < 4.78 is 36.6. The average molecular weight is 314 g/mol. The second-order valence-electron chi connectivity index (χ2n) is 4.24. The Morgan fingerprint density at radius 1 is 1.30 bits per heavy atom. The van der Waals surface area contributed by atoms with Crippen LogP contribution in [0.25, 0.3) is 11.1 Å². The number of halogens is 2. The van der Waals surface area contributed by atoms with E-state index in [-0.39, 0.29) is 9.92 Å². The number of rotatable bonds is 4. The molecule has 0 fully saturated rings. The minimum atomic E-state index is -2.88. The second kappa shape index (κ2) is 5.81. The molecule has 0 bridgehead atoms. The molecule has 2 aromatic carbocycles. The standard InChI is InChI=1S/C14H13ClFNO2S/c1-20(17,18)14-7-6-10(8-12(14)15)11-4-2-3-5-13(11)19-9-16/h2-8,17H,9H2,1H3. The number of ether oxygens (including phenoxy) is 1. The molecular weight excluding hydrogens is 301 g/mol. The predicted molar refractivity (Wildman–Crippen MR) is 78.5 cm³/mol. The molecule has 0 amide bonds. The molecule has 0 radical (unpaired) electrons. The monoisotopic (exact) mass is 313 g/mol. The number of para-hydroxylation sites is 1. The number of benzene rings is 2. The zero-order valence-corrected chi connectivity index (χ0v) is 12.3. The van der Waals surface area contributed by atoms with E-state index in [2.05, 4.69) is 0 Å². The summed E-state index contributed by atoms with van der Waals surface area (Å²) in [5.74, 6) is 0.405. The highest BCUT2D eigenvalue weighted by Crippen LogP contribution is 2.33. The van der Waals surface area contributed by atoms with E-state index in [1.165, 1.54) is 6.26 Å². The molecule has 6 heteroatoms. The van der Waals surface area contributed by atoms with Gasteiger partial charge in [0.25, 0.3) is 0 Å². The maximum Gasteiger partial charge on any atom is 0.228 e. The van der Waals surface area contributed by atoms with E-state index in [0.29, 0.717) is 16.9 Å². The lowest BCUT2D eigenvalue weighted by molar-refractivity contribution is 0.192. The highest BCUT2D eigenvalue weighted by atomic mass is 35.5. The van der Waals surface area contributed by atoms with Crippen LogP contribution < -0.4 is 4.74 Å². The first-order valence-corrected chi connectivity index (χ1v) is 8.09. The fraction of sp³-hybridized carbons (Fsp3) is 0.143. The Labute approximate surface area is 122 Å². The third kappa shape index (κ3) is 3.11. The molecule has 0 aliphatic heterocycles. The zero-order valence-electron chi connectivity index (χ0n) is 10.7. The minimum Gasteiger partial charge on any atom is -0.462 e. The van der Waals surface area contributed by atoms with Crippen LogP contribution in [0.2, 0.25) is 5.02 Å². The normalized spacial score (nSPS) is 13.8. The minimum absolute atomic E-state index is 0.250. The van der Waals surface area contributed by atoms with Crippen molar-refractivity contribution in [2.45, 2.75) is 4.90 Å². The van der Waals surface area contributed by atoms with Gasteiger partial charge in [-0.2, -0.15) is 0 Å². The molecule has 106 valence electrons. The Balaban J connectivity index is 2.53. The molecule has 0 aliphatic rings. The van der Waals surface area contributed by atoms with Crippen molar-refractivity contribution in [3.63, 3.8) is 0 Å². The fourth-order valence-electron chi connectivity index (χ4n) is 1.87. The highest BCUT2D eigenvalue weighted by molar-refractivity contribution is 7.91. The third-order valence-corrected chi connectivity index (χ3v) is 4.38. The summed E-state index contributed by atoms with van der Waals surface area (Å²) in [7, 11) is -2.88. The van der Waals surface area contributed by atoms with Gasteiger partial charge in [0.05, 0.1) is 19.6 Å². The lowest BCUT2D eigenvalue weighted by Gasteiger charge is -2.11. The molecule has 20 heavy (non-hydrogen) atoms. The van der Waals surface area contributed by atoms with Crippen molar-refractivity contribution in [3.05, 3.63) is 47.5 Å². The topological polar surface area (TPSA) is 50.2 Å². The van der Waals surface area contributed by atoms with Gasteiger partial charge in [-0.25, -0.2) is 13.4 Å². The van der Waals surface area contributed by atoms with Crippen molar-refractivity contribution >= 4 is 21.3 Å². The van der Waals surface area contributed by atoms with Gasteiger partial charge in [-0.15, -0.1) is 0 Å². The predicted octanol–water partition coefficient (Wildman–Crippen LogP) is 4.35. The Kier molecular flexibility index (Phi) is 4.30. The molecule has 0 heterocycles. The Morgan fingerprint density at radius 3 is 2.60 bits per heavy atom. The maximum atomic E-state index is 12.4. The first kappa shape index (κ1) is 14.8. The van der Waals surface area contributed by atoms with E-state index in [1.807, 2.05) is 0 Å². The van der Waals surface area contributed by atoms with Gasteiger partial charge in [0.2, 0.25) is 6.86 Å². The first-order chi connectivity index (χ1) is 9.43. The summed E-state index contributed by atoms with van der Waals surface area (Å²) in [5, 5.41) is 0.250. The van der Waals surface area contributed by atoms with Crippen LogP contribution >= 0.6 is 11.6 Å². The zero-order chi connectivity index (χ0) is 14.8. The van der Waals surface area contributed by atoms with Crippen LogP contribution in [-0.4, -0.2) is 17.3 Å². The van der Waals surface area contributed by atoms with Crippen LogP contribution in [0, 0.1) is 4.78 Å². The van der Waals surface area contributed by atoms with E-state index >= 15 is 0 Å². The van der Waals surface area contributed by atoms with Gasteiger partial charge in [0.1, 0.15) is 5.75 Å². The van der Waals surface area contributed by atoms with E-state index < -0.39 is 16.6 Å². The summed E-state index contributed by atoms with van der Waals surface area (Å²) in [6.07, 6.45) is 1.31. The highest BCUT2D eigenvalue weighted by Gasteiger charge is 2.12. The summed E-state index contributed by atoms with van der Waals surface area (Å²) >= 11 is 6.08. The molecule has 0 aromatic heterocycles. The first-order valence-electron chi connectivity index (χ1n) is 5.75. The fourth-order valence-corrected chi connectivity index (χ4v) is 3.26. The van der Waals surface area contributed by atoms with Gasteiger partial charge in [0.15, 0.2) is 0 Å². The largest absolute Gasteiger partial charge is 0.462 e. The quantitative estimate of drug-likeness (QED) is 0.912. The summed E-state index contributed by atoms with van der Waals surface area (Å²) in [6.45, 7) is -0.918. The molecular formula is C14H13ClFNO2S. The second-order valence-corrected chi connectivity index (χ2v) is 6.77. The number of hydrogen-bond donors (Lipinski definition) is 1. The van der Waals surface area contributed by atoms with Crippen molar-refractivity contribution in [3.8, 4) is 16.9 Å². The molecule has 1 atom stereocenters. The van der Waals surface area contributed by atoms with Gasteiger partial charge in [-0.05, 0) is 23.8 Å². The Bertz CT molecular complexity index is 732. The molecule has 2 rings (SSSR count). The molecule has 0 saturated heterocycles. The number of alkyl halides is 1. The SMILES string of the molecule is CS(=N)(=O)c1ccc(-c2ccccc2OCF)cc1Cl. The maximum absolute atomic E-state index is 12.4. The lowest BCUT2D eigenvalue weighted by atomic mass is 10.0. The molecule has 0 aliphatic carbocycles. The summed E-state index contributed by atoms with van der Waals surface area (Å²) in [5.41, 5.74) is 1.40. The van der Waals surface area contributed by atoms with Crippen LogP contribution in [0.15, 0.2) is 47.4 Å². The third-order valence-electron chi connectivity index (χ3n) is 2.76. The Morgan fingerprint density at radius 2 is 2.00 bits per heavy atom. The number of hydrogen-bond acceptors (Lipinski definition) is 3. The van der Waals surface area contributed by atoms with Crippen LogP contribution in [0.1, 0.15) is 0 Å². The Hall–Kier alpha value is -1.59. The summed E-state index contributed by atoms with van der Waals surface area (Å²) in [4.78, 5) is 0.284. The summed E-state index contributed by atoms with van der Waals surface area (Å²) in [6, 6.07) is 11.8. The van der Waals surface area contributed by atoms with Crippen LogP contribution in [-0.2, 0) is 9.73 Å². The van der Waals surface area contributed by atoms with Crippen molar-refractivity contribution in [2.75, 3.05) is 13.1 Å². The van der Waals surface area contributed by atoms with E-state index in [9.17, 15) is 8.60 Å². The van der Waals surface area contributed by atoms with Gasteiger partial charge >= 0.3 is 0 Å². The number of nitrogens with one attached hydrogen (secondary N) is 1. The molecule has 1 unspecified atom stereocenters. The van der Waals surface area contributed by atoms with Crippen molar-refractivity contribution in [1.29, 1.82) is 4.78 Å². The van der Waals surface area contributed by atoms with Crippen LogP contribution in [0.4, 0.5) is 4.39 Å². The van der Waals surface area contributed by atoms with E-state index in [1.54, 1.807) is 42.5 Å². The van der Waals surface area contributed by atoms with Crippen molar-refractivity contribution in [1.82, 2.24) is 0 Å². The molecule has 0 saturated carbocycles.